The third kappa shape index (κ3) is 2.01. The second-order valence-corrected chi connectivity index (χ2v) is 6.79. The van der Waals surface area contributed by atoms with Gasteiger partial charge in [0.05, 0.1) is 29.2 Å². The molecule has 1 aromatic carbocycles. The molecule has 120 valence electrons. The molecule has 0 N–H and O–H groups in total. The molecule has 3 heterocycles. The van der Waals surface area contributed by atoms with Crippen molar-refractivity contribution in [3.05, 3.63) is 43.0 Å². The molecule has 3 aliphatic rings. The first-order chi connectivity index (χ1) is 11.2. The summed E-state index contributed by atoms with van der Waals surface area (Å²) < 4.78 is 6.20. The van der Waals surface area contributed by atoms with Crippen LogP contribution in [0.1, 0.15) is 32.1 Å². The highest BCUT2D eigenvalue weighted by Crippen LogP contribution is 2.57. The van der Waals surface area contributed by atoms with E-state index in [9.17, 15) is 9.59 Å². The third-order valence-corrected chi connectivity index (χ3v) is 5.58. The predicted octanol–water partition coefficient (Wildman–Crippen LogP) is 3.08. The summed E-state index contributed by atoms with van der Waals surface area (Å²) in [5.74, 6) is -0.757. The zero-order valence-electron chi connectivity index (χ0n) is 13.1. The quantitative estimate of drug-likeness (QED) is 0.477. The molecule has 2 bridgehead atoms. The van der Waals surface area contributed by atoms with E-state index in [4.69, 9.17) is 4.74 Å². The molecule has 3 fully saturated rings. The number of hydrogen-bond donors (Lipinski definition) is 0. The minimum atomic E-state index is -0.436. The lowest BCUT2D eigenvalue weighted by atomic mass is 9.71. The van der Waals surface area contributed by atoms with Gasteiger partial charge in [-0.2, -0.15) is 0 Å². The fourth-order valence-electron chi connectivity index (χ4n) is 4.62. The van der Waals surface area contributed by atoms with Crippen LogP contribution in [0.4, 0.5) is 5.69 Å². The van der Waals surface area contributed by atoms with Gasteiger partial charge in [0, 0.05) is 0 Å². The molecule has 1 aromatic rings. The molecule has 3 saturated heterocycles. The maximum atomic E-state index is 13.0. The molecule has 4 nitrogen and oxygen atoms in total. The van der Waals surface area contributed by atoms with Gasteiger partial charge in [-0.15, -0.1) is 6.58 Å². The number of carbonyl (C=O) groups is 2. The zero-order chi connectivity index (χ0) is 16.0. The zero-order valence-corrected chi connectivity index (χ0v) is 13.1. The predicted molar refractivity (Wildman–Crippen MR) is 86.8 cm³/mol. The highest BCUT2D eigenvalue weighted by atomic mass is 16.5. The fraction of sp³-hybridized carbons (Fsp3) is 0.474. The van der Waals surface area contributed by atoms with Crippen LogP contribution in [-0.4, -0.2) is 23.5 Å². The number of benzene rings is 1. The number of unbranched alkanes of at least 4 members (excludes halogenated alkanes) is 1. The monoisotopic (exact) mass is 311 g/mol. The van der Waals surface area contributed by atoms with Gasteiger partial charge >= 0.3 is 0 Å². The van der Waals surface area contributed by atoms with E-state index in [0.717, 1.165) is 32.1 Å². The minimum absolute atomic E-state index is 0.0768. The van der Waals surface area contributed by atoms with E-state index < -0.39 is 5.60 Å². The number of fused-ring (bicyclic) bond motifs is 5. The number of nitrogens with zero attached hydrogens (tertiary/aromatic N) is 1. The van der Waals surface area contributed by atoms with E-state index >= 15 is 0 Å². The molecule has 4 heteroatoms. The molecule has 0 radical (unpaired) electrons. The first-order valence-corrected chi connectivity index (χ1v) is 8.39. The number of para-hydroxylation sites is 1. The van der Waals surface area contributed by atoms with E-state index in [1.54, 1.807) is 0 Å². The molecule has 0 spiro atoms. The van der Waals surface area contributed by atoms with Gasteiger partial charge in [-0.3, -0.25) is 9.59 Å². The lowest BCUT2D eigenvalue weighted by Crippen LogP contribution is -2.41. The summed E-state index contributed by atoms with van der Waals surface area (Å²) in [4.78, 5) is 27.3. The lowest BCUT2D eigenvalue weighted by Gasteiger charge is -2.31. The molecule has 4 rings (SSSR count). The van der Waals surface area contributed by atoms with Crippen molar-refractivity contribution in [1.82, 2.24) is 0 Å². The van der Waals surface area contributed by atoms with Crippen LogP contribution < -0.4 is 4.90 Å². The second-order valence-electron chi connectivity index (χ2n) is 6.79. The van der Waals surface area contributed by atoms with Gasteiger partial charge in [-0.05, 0) is 44.2 Å². The van der Waals surface area contributed by atoms with Crippen LogP contribution in [-0.2, 0) is 14.3 Å². The summed E-state index contributed by atoms with van der Waals surface area (Å²) in [7, 11) is 0. The average molecular weight is 311 g/mol. The Kier molecular flexibility index (Phi) is 3.38. The molecular formula is C19H21NO3. The number of amides is 2. The Morgan fingerprint density at radius 3 is 2.78 bits per heavy atom. The highest BCUT2D eigenvalue weighted by Gasteiger charge is 2.69. The normalized spacial score (nSPS) is 35.0. The highest BCUT2D eigenvalue weighted by molar-refractivity contribution is 6.23. The molecule has 0 aromatic heterocycles. The molecule has 4 unspecified atom stereocenters. The van der Waals surface area contributed by atoms with Gasteiger partial charge in [0.2, 0.25) is 11.8 Å². The van der Waals surface area contributed by atoms with Gasteiger partial charge in [0.15, 0.2) is 0 Å². The first-order valence-electron chi connectivity index (χ1n) is 8.39. The van der Waals surface area contributed by atoms with Crippen molar-refractivity contribution in [2.24, 2.45) is 11.8 Å². The smallest absolute Gasteiger partial charge is 0.240 e. The summed E-state index contributed by atoms with van der Waals surface area (Å²) >= 11 is 0. The van der Waals surface area contributed by atoms with Crippen molar-refractivity contribution in [3.63, 3.8) is 0 Å². The van der Waals surface area contributed by atoms with Crippen molar-refractivity contribution in [2.75, 3.05) is 4.90 Å². The van der Waals surface area contributed by atoms with Crippen LogP contribution in [0.2, 0.25) is 0 Å². The van der Waals surface area contributed by atoms with E-state index in [-0.39, 0.29) is 29.8 Å². The number of anilines is 1. The summed E-state index contributed by atoms with van der Waals surface area (Å²) in [6.45, 7) is 3.76. The van der Waals surface area contributed by atoms with Gasteiger partial charge < -0.3 is 4.74 Å². The number of hydrogen-bond acceptors (Lipinski definition) is 3. The molecule has 0 aliphatic carbocycles. The molecule has 23 heavy (non-hydrogen) atoms. The van der Waals surface area contributed by atoms with Crippen LogP contribution in [0.5, 0.6) is 0 Å². The van der Waals surface area contributed by atoms with Crippen LogP contribution in [0.25, 0.3) is 0 Å². The summed E-state index contributed by atoms with van der Waals surface area (Å²) in [5, 5.41) is 0. The van der Waals surface area contributed by atoms with Crippen LogP contribution >= 0.6 is 0 Å². The summed E-state index contributed by atoms with van der Waals surface area (Å²) in [6, 6.07) is 9.25. The van der Waals surface area contributed by atoms with Crippen molar-refractivity contribution >= 4 is 17.5 Å². The SMILES string of the molecule is C=CCCCC12CCC(O1)C1C(=O)N(c3ccccc3)C(=O)C12. The first kappa shape index (κ1) is 14.6. The minimum Gasteiger partial charge on any atom is -0.370 e. The summed E-state index contributed by atoms with van der Waals surface area (Å²) in [6.07, 6.45) is 6.28. The van der Waals surface area contributed by atoms with Crippen LogP contribution in [0.3, 0.4) is 0 Å². The molecule has 2 amide bonds. The Hall–Kier alpha value is -1.94. The molecule has 0 saturated carbocycles. The van der Waals surface area contributed by atoms with E-state index in [0.29, 0.717) is 5.69 Å². The number of imide groups is 1. The number of rotatable bonds is 5. The van der Waals surface area contributed by atoms with E-state index in [1.165, 1.54) is 4.90 Å². The van der Waals surface area contributed by atoms with Crippen molar-refractivity contribution < 1.29 is 14.3 Å². The molecule has 3 aliphatic heterocycles. The fourth-order valence-corrected chi connectivity index (χ4v) is 4.62. The second kappa shape index (κ2) is 5.31. The standard InChI is InChI=1S/C19H21NO3/c1-2-3-7-11-19-12-10-14(23-19)15-16(19)18(22)20(17(15)21)13-8-5-4-6-9-13/h2,4-6,8-9,14-16H,1,3,7,10-12H2. The maximum absolute atomic E-state index is 13.0. The molecule has 4 atom stereocenters. The average Bonchev–Trinajstić information content (AvgIpc) is 3.19. The lowest BCUT2D eigenvalue weighted by molar-refractivity contribution is -0.127. The topological polar surface area (TPSA) is 46.6 Å². The Balaban J connectivity index is 1.66. The van der Waals surface area contributed by atoms with Gasteiger partial charge in [-0.1, -0.05) is 24.3 Å². The van der Waals surface area contributed by atoms with Crippen LogP contribution in [0.15, 0.2) is 43.0 Å². The summed E-state index contributed by atoms with van der Waals surface area (Å²) in [5.41, 5.74) is 0.242. The van der Waals surface area contributed by atoms with Crippen LogP contribution in [0, 0.1) is 11.8 Å². The van der Waals surface area contributed by atoms with Gasteiger partial charge in [-0.25, -0.2) is 4.90 Å². The maximum Gasteiger partial charge on any atom is 0.240 e. The van der Waals surface area contributed by atoms with E-state index in [1.807, 2.05) is 36.4 Å². The number of allylic oxidation sites excluding steroid dienone is 1. The Bertz CT molecular complexity index is 656. The number of carbonyl (C=O) groups excluding carboxylic acids is 2. The van der Waals surface area contributed by atoms with E-state index in [2.05, 4.69) is 6.58 Å². The van der Waals surface area contributed by atoms with Crippen molar-refractivity contribution in [2.45, 2.75) is 43.8 Å². The van der Waals surface area contributed by atoms with Gasteiger partial charge in [0.1, 0.15) is 0 Å². The van der Waals surface area contributed by atoms with Crippen molar-refractivity contribution in [3.8, 4) is 0 Å². The molecular weight excluding hydrogens is 290 g/mol. The Morgan fingerprint density at radius 1 is 1.26 bits per heavy atom. The Labute approximate surface area is 136 Å². The third-order valence-electron chi connectivity index (χ3n) is 5.58. The largest absolute Gasteiger partial charge is 0.370 e. The number of ether oxygens (including phenoxy) is 1. The van der Waals surface area contributed by atoms with Gasteiger partial charge in [0.25, 0.3) is 0 Å². The Morgan fingerprint density at radius 2 is 2.04 bits per heavy atom. The van der Waals surface area contributed by atoms with Crippen molar-refractivity contribution in [1.29, 1.82) is 0 Å².